The molecule has 80 valence electrons. The number of carbonyl (C=O) groups excluding carboxylic acids is 1. The standard InChI is InChI=1S/C11H13FN2O/c1-2-13-11(15)14-7-6-9-4-3-5-10(12)8-9/h2-5,8H,1,6-7H2,(H2,13,14,15). The average Bonchev–Trinajstić information content (AvgIpc) is 2.18. The van der Waals surface area contributed by atoms with Crippen LogP contribution in [0.5, 0.6) is 0 Å². The van der Waals surface area contributed by atoms with Crippen molar-refractivity contribution in [2.75, 3.05) is 6.54 Å². The molecule has 0 saturated carbocycles. The zero-order valence-electron chi connectivity index (χ0n) is 8.29. The number of hydrogen-bond acceptors (Lipinski definition) is 1. The van der Waals surface area contributed by atoms with E-state index >= 15 is 0 Å². The van der Waals surface area contributed by atoms with E-state index in [2.05, 4.69) is 17.2 Å². The molecule has 4 heteroatoms. The van der Waals surface area contributed by atoms with Crippen LogP contribution in [-0.2, 0) is 6.42 Å². The van der Waals surface area contributed by atoms with Gasteiger partial charge in [0.25, 0.3) is 0 Å². The lowest BCUT2D eigenvalue weighted by atomic mass is 10.1. The fourth-order valence-corrected chi connectivity index (χ4v) is 1.16. The summed E-state index contributed by atoms with van der Waals surface area (Å²) in [7, 11) is 0. The molecular formula is C11H13FN2O. The van der Waals surface area contributed by atoms with Gasteiger partial charge < -0.3 is 10.6 Å². The molecule has 1 aromatic rings. The van der Waals surface area contributed by atoms with Crippen LogP contribution < -0.4 is 10.6 Å². The van der Waals surface area contributed by atoms with Crippen LogP contribution in [0.3, 0.4) is 0 Å². The number of hydrogen-bond donors (Lipinski definition) is 2. The minimum absolute atomic E-state index is 0.261. The number of benzene rings is 1. The molecule has 1 rings (SSSR count). The summed E-state index contributed by atoms with van der Waals surface area (Å²) in [4.78, 5) is 10.9. The van der Waals surface area contributed by atoms with Gasteiger partial charge in [-0.3, -0.25) is 0 Å². The van der Waals surface area contributed by atoms with Crippen molar-refractivity contribution in [1.82, 2.24) is 10.6 Å². The first kappa shape index (κ1) is 11.2. The Labute approximate surface area is 88.0 Å². The Kier molecular flexibility index (Phi) is 4.34. The third kappa shape index (κ3) is 4.26. The molecule has 0 aliphatic carbocycles. The highest BCUT2D eigenvalue weighted by Crippen LogP contribution is 2.03. The lowest BCUT2D eigenvalue weighted by Gasteiger charge is -2.04. The number of urea groups is 1. The number of amides is 2. The van der Waals surface area contributed by atoms with Crippen molar-refractivity contribution in [2.45, 2.75) is 6.42 Å². The second-order valence-corrected chi connectivity index (χ2v) is 2.98. The maximum atomic E-state index is 12.8. The zero-order valence-corrected chi connectivity index (χ0v) is 8.29. The Hall–Kier alpha value is -1.84. The smallest absolute Gasteiger partial charge is 0.318 e. The van der Waals surface area contributed by atoms with E-state index < -0.39 is 0 Å². The Morgan fingerprint density at radius 2 is 2.33 bits per heavy atom. The molecule has 0 aliphatic rings. The van der Waals surface area contributed by atoms with Crippen LogP contribution in [0.2, 0.25) is 0 Å². The molecule has 0 radical (unpaired) electrons. The summed E-state index contributed by atoms with van der Waals surface area (Å²) in [6, 6.07) is 6.00. The van der Waals surface area contributed by atoms with E-state index in [1.165, 1.54) is 18.3 Å². The molecule has 0 spiro atoms. The van der Waals surface area contributed by atoms with Crippen LogP contribution in [0.4, 0.5) is 9.18 Å². The van der Waals surface area contributed by atoms with Gasteiger partial charge in [-0.2, -0.15) is 0 Å². The van der Waals surface area contributed by atoms with Gasteiger partial charge in [-0.05, 0) is 30.3 Å². The molecule has 0 aromatic heterocycles. The summed E-state index contributed by atoms with van der Waals surface area (Å²) in [5.74, 6) is -0.261. The molecule has 3 nitrogen and oxygen atoms in total. The first-order valence-corrected chi connectivity index (χ1v) is 4.62. The molecule has 0 unspecified atom stereocenters. The van der Waals surface area contributed by atoms with Gasteiger partial charge in [0.05, 0.1) is 0 Å². The average molecular weight is 208 g/mol. The molecule has 0 fully saturated rings. The van der Waals surface area contributed by atoms with Crippen molar-refractivity contribution in [1.29, 1.82) is 0 Å². The molecule has 0 atom stereocenters. The van der Waals surface area contributed by atoms with Crippen LogP contribution in [-0.4, -0.2) is 12.6 Å². The molecule has 2 amide bonds. The molecule has 0 saturated heterocycles. The second-order valence-electron chi connectivity index (χ2n) is 2.98. The maximum Gasteiger partial charge on any atom is 0.318 e. The van der Waals surface area contributed by atoms with E-state index in [9.17, 15) is 9.18 Å². The number of carbonyl (C=O) groups is 1. The molecule has 0 aliphatic heterocycles. The summed E-state index contributed by atoms with van der Waals surface area (Å²) in [6.07, 6.45) is 1.90. The lowest BCUT2D eigenvalue weighted by Crippen LogP contribution is -2.33. The van der Waals surface area contributed by atoms with Crippen molar-refractivity contribution >= 4 is 6.03 Å². The van der Waals surface area contributed by atoms with Gasteiger partial charge in [-0.25, -0.2) is 9.18 Å². The zero-order chi connectivity index (χ0) is 11.1. The lowest BCUT2D eigenvalue weighted by molar-refractivity contribution is 0.244. The van der Waals surface area contributed by atoms with E-state index in [1.54, 1.807) is 6.07 Å². The molecule has 0 bridgehead atoms. The normalized spacial score (nSPS) is 9.40. The number of nitrogens with one attached hydrogen (secondary N) is 2. The fraction of sp³-hybridized carbons (Fsp3) is 0.182. The Balaban J connectivity index is 2.31. The first-order valence-electron chi connectivity index (χ1n) is 4.62. The largest absolute Gasteiger partial charge is 0.338 e. The van der Waals surface area contributed by atoms with Gasteiger partial charge in [0.15, 0.2) is 0 Å². The highest BCUT2D eigenvalue weighted by Gasteiger charge is 1.97. The van der Waals surface area contributed by atoms with Crippen LogP contribution in [0.1, 0.15) is 5.56 Å². The van der Waals surface area contributed by atoms with E-state index in [0.717, 1.165) is 5.56 Å². The molecule has 2 N–H and O–H groups in total. The predicted octanol–water partition coefficient (Wildman–Crippen LogP) is 1.81. The highest BCUT2D eigenvalue weighted by atomic mass is 19.1. The van der Waals surface area contributed by atoms with Gasteiger partial charge >= 0.3 is 6.03 Å². The Morgan fingerprint density at radius 3 is 3.00 bits per heavy atom. The van der Waals surface area contributed by atoms with E-state index in [0.29, 0.717) is 13.0 Å². The number of rotatable bonds is 4. The van der Waals surface area contributed by atoms with Gasteiger partial charge in [-0.1, -0.05) is 18.7 Å². The van der Waals surface area contributed by atoms with Gasteiger partial charge in [0, 0.05) is 6.54 Å². The van der Waals surface area contributed by atoms with Gasteiger partial charge in [0.1, 0.15) is 5.82 Å². The van der Waals surface area contributed by atoms with Crippen molar-refractivity contribution in [3.63, 3.8) is 0 Å². The summed E-state index contributed by atoms with van der Waals surface area (Å²) in [5, 5.41) is 4.99. The Bertz CT molecular complexity index is 352. The van der Waals surface area contributed by atoms with E-state index in [4.69, 9.17) is 0 Å². The molecule has 0 heterocycles. The second kappa shape index (κ2) is 5.80. The minimum atomic E-state index is -0.304. The molecule has 1 aromatic carbocycles. The topological polar surface area (TPSA) is 41.1 Å². The monoisotopic (exact) mass is 208 g/mol. The van der Waals surface area contributed by atoms with Gasteiger partial charge in [-0.15, -0.1) is 0 Å². The minimum Gasteiger partial charge on any atom is -0.338 e. The van der Waals surface area contributed by atoms with Crippen LogP contribution in [0.25, 0.3) is 0 Å². The summed E-state index contributed by atoms with van der Waals surface area (Å²) in [6.45, 7) is 3.82. The molecule has 15 heavy (non-hydrogen) atoms. The van der Waals surface area contributed by atoms with E-state index in [-0.39, 0.29) is 11.8 Å². The van der Waals surface area contributed by atoms with Crippen molar-refractivity contribution in [2.24, 2.45) is 0 Å². The summed E-state index contributed by atoms with van der Waals surface area (Å²) < 4.78 is 12.8. The Morgan fingerprint density at radius 1 is 1.53 bits per heavy atom. The third-order valence-corrected chi connectivity index (χ3v) is 1.82. The summed E-state index contributed by atoms with van der Waals surface area (Å²) in [5.41, 5.74) is 0.855. The van der Waals surface area contributed by atoms with E-state index in [1.807, 2.05) is 6.07 Å². The van der Waals surface area contributed by atoms with Crippen LogP contribution in [0, 0.1) is 5.82 Å². The third-order valence-electron chi connectivity index (χ3n) is 1.82. The first-order chi connectivity index (χ1) is 7.22. The SMILES string of the molecule is C=CNC(=O)NCCc1cccc(F)c1. The van der Waals surface area contributed by atoms with Crippen LogP contribution in [0.15, 0.2) is 37.0 Å². The van der Waals surface area contributed by atoms with Gasteiger partial charge in [0.2, 0.25) is 0 Å². The fourth-order valence-electron chi connectivity index (χ4n) is 1.16. The molecular weight excluding hydrogens is 195 g/mol. The predicted molar refractivity (Wildman–Crippen MR) is 56.8 cm³/mol. The quantitative estimate of drug-likeness (QED) is 0.778. The summed E-state index contributed by atoms with van der Waals surface area (Å²) >= 11 is 0. The van der Waals surface area contributed by atoms with Crippen molar-refractivity contribution < 1.29 is 9.18 Å². The number of halogens is 1. The van der Waals surface area contributed by atoms with Crippen LogP contribution >= 0.6 is 0 Å². The highest BCUT2D eigenvalue weighted by molar-refractivity contribution is 5.74. The van der Waals surface area contributed by atoms with Crippen molar-refractivity contribution in [3.05, 3.63) is 48.4 Å². The maximum absolute atomic E-state index is 12.8. The van der Waals surface area contributed by atoms with Crippen molar-refractivity contribution in [3.8, 4) is 0 Å².